The van der Waals surface area contributed by atoms with Gasteiger partial charge < -0.3 is 24.8 Å². The van der Waals surface area contributed by atoms with Gasteiger partial charge in [0.2, 0.25) is 0 Å². The lowest BCUT2D eigenvalue weighted by Crippen LogP contribution is -2.35. The van der Waals surface area contributed by atoms with E-state index in [0.717, 1.165) is 31.0 Å². The van der Waals surface area contributed by atoms with Crippen LogP contribution in [-0.4, -0.2) is 39.4 Å². The third-order valence-corrected chi connectivity index (χ3v) is 5.19. The maximum Gasteiger partial charge on any atom is 0.406 e. The number of hydrogen-bond donors (Lipinski definition) is 2. The Bertz CT molecular complexity index is 845. The standard InChI is InChI=1S/C23H28F2N2O4/c1-29-23(28)27-10-11-30-21(17-8-5-9-26-14-17)19-12-18(24)13-20(25)22(19)31-15-16-6-3-2-4-7-16/h2-4,6-7,12-13,17,21,26H,5,8-11,14-15H2,1H3,(H,27,28)/t17-,21-/m1/s1. The predicted octanol–water partition coefficient (Wildman–Crippen LogP) is 3.96. The summed E-state index contributed by atoms with van der Waals surface area (Å²) in [4.78, 5) is 11.3. The maximum absolute atomic E-state index is 14.8. The van der Waals surface area contributed by atoms with Crippen molar-refractivity contribution in [1.82, 2.24) is 10.6 Å². The second-order valence-corrected chi connectivity index (χ2v) is 7.40. The highest BCUT2D eigenvalue weighted by molar-refractivity contribution is 5.66. The fourth-order valence-electron chi connectivity index (χ4n) is 3.70. The molecular formula is C23H28F2N2O4. The van der Waals surface area contributed by atoms with Crippen molar-refractivity contribution in [3.8, 4) is 5.75 Å². The van der Waals surface area contributed by atoms with E-state index in [9.17, 15) is 13.6 Å². The molecule has 0 bridgehead atoms. The molecule has 1 aliphatic heterocycles. The molecule has 1 amide bonds. The molecule has 168 valence electrons. The highest BCUT2D eigenvalue weighted by atomic mass is 19.1. The van der Waals surface area contributed by atoms with Gasteiger partial charge in [0.05, 0.1) is 19.8 Å². The zero-order chi connectivity index (χ0) is 22.1. The largest absolute Gasteiger partial charge is 0.485 e. The second-order valence-electron chi connectivity index (χ2n) is 7.40. The molecule has 2 N–H and O–H groups in total. The van der Waals surface area contributed by atoms with E-state index in [-0.39, 0.29) is 31.4 Å². The van der Waals surface area contributed by atoms with E-state index in [1.165, 1.54) is 13.2 Å². The Balaban J connectivity index is 1.82. The van der Waals surface area contributed by atoms with Crippen LogP contribution in [0, 0.1) is 17.6 Å². The van der Waals surface area contributed by atoms with Crippen molar-refractivity contribution in [3.63, 3.8) is 0 Å². The zero-order valence-corrected chi connectivity index (χ0v) is 17.5. The summed E-state index contributed by atoms with van der Waals surface area (Å²) in [6.07, 6.45) is 0.618. The molecule has 2 atom stereocenters. The van der Waals surface area contributed by atoms with E-state index in [1.807, 2.05) is 30.3 Å². The summed E-state index contributed by atoms with van der Waals surface area (Å²) in [6.45, 7) is 2.07. The van der Waals surface area contributed by atoms with Gasteiger partial charge in [-0.15, -0.1) is 0 Å². The van der Waals surface area contributed by atoms with Gasteiger partial charge in [0.15, 0.2) is 11.6 Å². The van der Waals surface area contributed by atoms with Gasteiger partial charge in [0, 0.05) is 30.6 Å². The van der Waals surface area contributed by atoms with Crippen molar-refractivity contribution in [2.45, 2.75) is 25.6 Å². The van der Waals surface area contributed by atoms with Crippen molar-refractivity contribution in [1.29, 1.82) is 0 Å². The third-order valence-electron chi connectivity index (χ3n) is 5.19. The average molecular weight is 434 g/mol. The van der Waals surface area contributed by atoms with Gasteiger partial charge in [-0.25, -0.2) is 13.6 Å². The normalized spacial score (nSPS) is 17.1. The second kappa shape index (κ2) is 11.6. The van der Waals surface area contributed by atoms with Gasteiger partial charge in [-0.2, -0.15) is 0 Å². The molecule has 0 radical (unpaired) electrons. The van der Waals surface area contributed by atoms with Crippen molar-refractivity contribution in [2.24, 2.45) is 5.92 Å². The maximum atomic E-state index is 14.8. The highest BCUT2D eigenvalue weighted by Gasteiger charge is 2.30. The summed E-state index contributed by atoms with van der Waals surface area (Å²) in [5.41, 5.74) is 1.21. The number of halogens is 2. The van der Waals surface area contributed by atoms with Crippen LogP contribution in [0.1, 0.15) is 30.1 Å². The first-order valence-electron chi connectivity index (χ1n) is 10.4. The third kappa shape index (κ3) is 6.63. The Morgan fingerprint density at radius 1 is 1.26 bits per heavy atom. The van der Waals surface area contributed by atoms with Crippen molar-refractivity contribution in [3.05, 3.63) is 65.2 Å². The lowest BCUT2D eigenvalue weighted by molar-refractivity contribution is 0.00238. The number of hydrogen-bond acceptors (Lipinski definition) is 5. The average Bonchev–Trinajstić information content (AvgIpc) is 2.79. The molecule has 0 spiro atoms. The van der Waals surface area contributed by atoms with Crippen LogP contribution in [0.3, 0.4) is 0 Å². The van der Waals surface area contributed by atoms with Crippen LogP contribution in [0.2, 0.25) is 0 Å². The van der Waals surface area contributed by atoms with E-state index in [4.69, 9.17) is 9.47 Å². The van der Waals surface area contributed by atoms with Gasteiger partial charge in [-0.05, 0) is 31.0 Å². The molecule has 31 heavy (non-hydrogen) atoms. The van der Waals surface area contributed by atoms with E-state index >= 15 is 0 Å². The van der Waals surface area contributed by atoms with Crippen molar-refractivity contribution in [2.75, 3.05) is 33.4 Å². The van der Waals surface area contributed by atoms with Gasteiger partial charge in [0.25, 0.3) is 0 Å². The Morgan fingerprint density at radius 2 is 2.06 bits per heavy atom. The van der Waals surface area contributed by atoms with Gasteiger partial charge in [-0.3, -0.25) is 0 Å². The molecule has 2 aromatic rings. The van der Waals surface area contributed by atoms with Crippen LogP contribution in [0.5, 0.6) is 5.75 Å². The zero-order valence-electron chi connectivity index (χ0n) is 17.5. The molecule has 1 saturated heterocycles. The summed E-state index contributed by atoms with van der Waals surface area (Å²) in [6, 6.07) is 11.5. The number of piperidine rings is 1. The van der Waals surface area contributed by atoms with Crippen LogP contribution in [-0.2, 0) is 16.1 Å². The quantitative estimate of drug-likeness (QED) is 0.585. The molecule has 1 heterocycles. The Hall–Kier alpha value is -2.71. The summed E-state index contributed by atoms with van der Waals surface area (Å²) < 4.78 is 45.4. The number of carbonyl (C=O) groups excluding carboxylic acids is 1. The first kappa shape index (κ1) is 23.0. The molecule has 1 fully saturated rings. The van der Waals surface area contributed by atoms with E-state index in [2.05, 4.69) is 15.4 Å². The molecule has 8 heteroatoms. The minimum Gasteiger partial charge on any atom is -0.485 e. The smallest absolute Gasteiger partial charge is 0.406 e. The number of methoxy groups -OCH3 is 1. The van der Waals surface area contributed by atoms with Gasteiger partial charge in [-0.1, -0.05) is 30.3 Å². The molecule has 0 aliphatic carbocycles. The molecule has 3 rings (SSSR count). The number of nitrogens with one attached hydrogen (secondary N) is 2. The predicted molar refractivity (Wildman–Crippen MR) is 112 cm³/mol. The van der Waals surface area contributed by atoms with Crippen LogP contribution in [0.25, 0.3) is 0 Å². The molecule has 0 unspecified atom stereocenters. The molecule has 0 aromatic heterocycles. The minimum atomic E-state index is -0.768. The van der Waals surface area contributed by atoms with Crippen LogP contribution >= 0.6 is 0 Å². The summed E-state index contributed by atoms with van der Waals surface area (Å²) in [5.74, 6) is -1.46. The number of carbonyl (C=O) groups is 1. The van der Waals surface area contributed by atoms with Gasteiger partial charge >= 0.3 is 6.09 Å². The Morgan fingerprint density at radius 3 is 2.77 bits per heavy atom. The summed E-state index contributed by atoms with van der Waals surface area (Å²) in [5, 5.41) is 5.86. The number of alkyl carbamates (subject to hydrolysis) is 1. The van der Waals surface area contributed by atoms with Crippen LogP contribution in [0.4, 0.5) is 13.6 Å². The number of ether oxygens (including phenoxy) is 3. The van der Waals surface area contributed by atoms with Gasteiger partial charge in [0.1, 0.15) is 12.4 Å². The number of benzene rings is 2. The minimum absolute atomic E-state index is 0.00662. The topological polar surface area (TPSA) is 68.8 Å². The first-order valence-corrected chi connectivity index (χ1v) is 10.4. The fraction of sp³-hybridized carbons (Fsp3) is 0.435. The first-order chi connectivity index (χ1) is 15.1. The van der Waals surface area contributed by atoms with Crippen LogP contribution in [0.15, 0.2) is 42.5 Å². The number of rotatable bonds is 9. The summed E-state index contributed by atoms with van der Waals surface area (Å²) >= 11 is 0. The lowest BCUT2D eigenvalue weighted by atomic mass is 9.88. The molecular weight excluding hydrogens is 406 g/mol. The fourth-order valence-corrected chi connectivity index (χ4v) is 3.70. The van der Waals surface area contributed by atoms with E-state index in [0.29, 0.717) is 12.1 Å². The Labute approximate surface area is 180 Å². The van der Waals surface area contributed by atoms with E-state index < -0.39 is 23.8 Å². The Kier molecular flexibility index (Phi) is 8.61. The van der Waals surface area contributed by atoms with E-state index in [1.54, 1.807) is 0 Å². The van der Waals surface area contributed by atoms with Crippen molar-refractivity contribution < 1.29 is 27.8 Å². The van der Waals surface area contributed by atoms with Crippen LogP contribution < -0.4 is 15.4 Å². The SMILES string of the molecule is COC(=O)NCCO[C@@H](c1cc(F)cc(F)c1OCc1ccccc1)[C@@H]1CCCNC1. The molecule has 2 aromatic carbocycles. The lowest BCUT2D eigenvalue weighted by Gasteiger charge is -2.32. The molecule has 0 saturated carbocycles. The number of amides is 1. The summed E-state index contributed by atoms with van der Waals surface area (Å²) in [7, 11) is 1.28. The van der Waals surface area contributed by atoms with Crippen molar-refractivity contribution >= 4 is 6.09 Å². The highest BCUT2D eigenvalue weighted by Crippen LogP contribution is 2.38. The molecule has 1 aliphatic rings. The molecule has 6 nitrogen and oxygen atoms in total. The monoisotopic (exact) mass is 434 g/mol.